The van der Waals surface area contributed by atoms with Crippen molar-refractivity contribution in [1.82, 2.24) is 19.9 Å². The zero-order valence-electron chi connectivity index (χ0n) is 48.1. The van der Waals surface area contributed by atoms with Crippen molar-refractivity contribution in [2.24, 2.45) is 22.2 Å². The molecule has 8 bridgehead atoms. The molecule has 0 aliphatic carbocycles. The molecule has 420 valence electrons. The molecular formula is C66H69N9O6S. The number of nitrogens with one attached hydrogen (secondary N) is 7. The van der Waals surface area contributed by atoms with Gasteiger partial charge in [-0.3, -0.25) is 24.0 Å². The smallest absolute Gasteiger partial charge is 0.262 e. The van der Waals surface area contributed by atoms with Crippen molar-refractivity contribution >= 4 is 117 Å². The largest absolute Gasteiger partial charge is 0.483 e. The van der Waals surface area contributed by atoms with E-state index in [4.69, 9.17) is 14.7 Å². The topological polar surface area (TPSA) is 212 Å². The number of fused-ring (bicyclic) bond motifs is 8. The summed E-state index contributed by atoms with van der Waals surface area (Å²) < 4.78 is 6.18. The Kier molecular flexibility index (Phi) is 16.3. The third kappa shape index (κ3) is 12.6. The molecule has 16 heteroatoms. The van der Waals surface area contributed by atoms with Crippen LogP contribution in [0.15, 0.2) is 115 Å². The minimum atomic E-state index is -0.724. The maximum Gasteiger partial charge on any atom is 0.262 e. The van der Waals surface area contributed by atoms with E-state index in [1.54, 1.807) is 18.2 Å². The van der Waals surface area contributed by atoms with Crippen molar-refractivity contribution in [2.75, 3.05) is 33.2 Å². The van der Waals surface area contributed by atoms with Gasteiger partial charge in [0.25, 0.3) is 5.91 Å². The number of hydrogen-bond donors (Lipinski definition) is 8. The van der Waals surface area contributed by atoms with E-state index in [0.29, 0.717) is 118 Å². The first-order valence-electron chi connectivity index (χ1n) is 27.2. The van der Waals surface area contributed by atoms with Crippen molar-refractivity contribution in [1.29, 1.82) is 0 Å². The average Bonchev–Trinajstić information content (AvgIpc) is 3.43. The van der Waals surface area contributed by atoms with Crippen LogP contribution in [-0.2, 0) is 29.7 Å². The van der Waals surface area contributed by atoms with Crippen LogP contribution < -0.4 is 31.3 Å². The summed E-state index contributed by atoms with van der Waals surface area (Å²) in [6.45, 7) is 19.9. The van der Waals surface area contributed by atoms with E-state index >= 15 is 0 Å². The maximum absolute atomic E-state index is 14.4. The molecule has 0 unspecified atom stereocenters. The van der Waals surface area contributed by atoms with Crippen LogP contribution in [0.3, 0.4) is 0 Å². The van der Waals surface area contributed by atoms with Gasteiger partial charge in [0.2, 0.25) is 23.6 Å². The SMILES string of the molecule is CC(C)C(=O)Nc1ccc(OCC(=O)Nc2c3nc(c(-c4ccccc4NC(=O)C(C)(C)C)c4ccc([nH]4)c(-c4ccccc4NC(=O)C(C)(C)C)c4nc(c(-c5ccccc5NC(=O)C(C)(C)C)c5ccc2[nH]5)C=C4)C=C3)c(CS)c1. The minimum Gasteiger partial charge on any atom is -0.483 e. The molecule has 0 radical (unpaired) electrons. The van der Waals surface area contributed by atoms with Crippen LogP contribution in [0, 0.1) is 22.2 Å². The predicted octanol–water partition coefficient (Wildman–Crippen LogP) is 14.7. The lowest BCUT2D eigenvalue weighted by Crippen LogP contribution is -2.27. The maximum atomic E-state index is 14.4. The Morgan fingerprint density at radius 1 is 0.500 bits per heavy atom. The van der Waals surface area contributed by atoms with E-state index in [1.807, 2.05) is 198 Å². The van der Waals surface area contributed by atoms with Crippen LogP contribution in [0.5, 0.6) is 5.75 Å². The number of aromatic nitrogens is 4. The molecule has 82 heavy (non-hydrogen) atoms. The van der Waals surface area contributed by atoms with Crippen LogP contribution in [-0.4, -0.2) is 56.1 Å². The Labute approximate surface area is 483 Å². The van der Waals surface area contributed by atoms with Crippen LogP contribution >= 0.6 is 12.6 Å². The molecule has 7 N–H and O–H groups in total. The Balaban J connectivity index is 1.33. The summed E-state index contributed by atoms with van der Waals surface area (Å²) in [5.41, 5.74) is 9.48. The van der Waals surface area contributed by atoms with Crippen molar-refractivity contribution < 1.29 is 28.7 Å². The van der Waals surface area contributed by atoms with Crippen molar-refractivity contribution in [3.05, 3.63) is 144 Å². The third-order valence-electron chi connectivity index (χ3n) is 13.8. The van der Waals surface area contributed by atoms with Gasteiger partial charge >= 0.3 is 0 Å². The first-order valence-corrected chi connectivity index (χ1v) is 27.9. The molecule has 0 spiro atoms. The van der Waals surface area contributed by atoms with Gasteiger partial charge in [-0.1, -0.05) is 131 Å². The van der Waals surface area contributed by atoms with E-state index in [-0.39, 0.29) is 35.3 Å². The van der Waals surface area contributed by atoms with E-state index in [1.165, 1.54) is 0 Å². The summed E-state index contributed by atoms with van der Waals surface area (Å²) in [6.07, 6.45) is 7.56. The number of H-pyrrole nitrogens is 2. The molecule has 3 aromatic heterocycles. The number of carbonyl (C=O) groups excluding carboxylic acids is 5. The van der Waals surface area contributed by atoms with Gasteiger partial charge in [-0.2, -0.15) is 12.6 Å². The van der Waals surface area contributed by atoms with Crippen LogP contribution in [0.25, 0.3) is 79.8 Å². The summed E-state index contributed by atoms with van der Waals surface area (Å²) in [5, 5.41) is 15.6. The highest BCUT2D eigenvalue weighted by Gasteiger charge is 2.28. The van der Waals surface area contributed by atoms with Crippen LogP contribution in [0.4, 0.5) is 28.4 Å². The number of amides is 5. The van der Waals surface area contributed by atoms with Gasteiger partial charge in [0.1, 0.15) is 5.75 Å². The lowest BCUT2D eigenvalue weighted by Gasteiger charge is -2.20. The molecule has 2 aliphatic rings. The van der Waals surface area contributed by atoms with Crippen molar-refractivity contribution in [3.8, 4) is 39.1 Å². The van der Waals surface area contributed by atoms with Gasteiger partial charge in [-0.05, 0) is 85.0 Å². The molecule has 0 saturated heterocycles. The van der Waals surface area contributed by atoms with Crippen LogP contribution in [0.2, 0.25) is 0 Å². The Morgan fingerprint density at radius 2 is 0.890 bits per heavy atom. The second-order valence-electron chi connectivity index (χ2n) is 23.7. The minimum absolute atomic E-state index is 0.134. The number of benzene rings is 4. The summed E-state index contributed by atoms with van der Waals surface area (Å²) in [4.78, 5) is 86.5. The lowest BCUT2D eigenvalue weighted by atomic mass is 9.94. The number of para-hydroxylation sites is 3. The molecule has 7 aromatic rings. The molecule has 2 aliphatic heterocycles. The fourth-order valence-corrected chi connectivity index (χ4v) is 9.32. The number of hydrogen-bond acceptors (Lipinski definition) is 9. The highest BCUT2D eigenvalue weighted by atomic mass is 32.1. The van der Waals surface area contributed by atoms with Gasteiger partial charge in [0.15, 0.2) is 6.61 Å². The fraction of sp³-hybridized carbons (Fsp3) is 0.258. The molecule has 4 aromatic carbocycles. The van der Waals surface area contributed by atoms with Gasteiger partial charge in [-0.15, -0.1) is 0 Å². The fourth-order valence-electron chi connectivity index (χ4n) is 9.07. The molecule has 0 fully saturated rings. The molecular weight excluding hydrogens is 1050 g/mol. The zero-order valence-corrected chi connectivity index (χ0v) is 49.0. The third-order valence-corrected chi connectivity index (χ3v) is 14.1. The normalized spacial score (nSPS) is 12.3. The number of nitrogens with zero attached hydrogens (tertiary/aromatic N) is 2. The van der Waals surface area contributed by atoms with Gasteiger partial charge in [0.05, 0.1) is 34.0 Å². The molecule has 15 nitrogen and oxygen atoms in total. The van der Waals surface area contributed by atoms with Crippen molar-refractivity contribution in [3.63, 3.8) is 0 Å². The van der Waals surface area contributed by atoms with E-state index in [0.717, 1.165) is 0 Å². The molecule has 0 saturated carbocycles. The zero-order chi connectivity index (χ0) is 58.8. The monoisotopic (exact) mass is 1120 g/mol. The van der Waals surface area contributed by atoms with E-state index in [9.17, 15) is 24.0 Å². The summed E-state index contributed by atoms with van der Waals surface area (Å²) in [7, 11) is 0. The highest BCUT2D eigenvalue weighted by molar-refractivity contribution is 7.79. The summed E-state index contributed by atoms with van der Waals surface area (Å²) >= 11 is 4.53. The summed E-state index contributed by atoms with van der Waals surface area (Å²) in [5.74, 6) is -0.699. The number of aromatic amines is 2. The molecule has 0 atom stereocenters. The van der Waals surface area contributed by atoms with E-state index < -0.39 is 28.8 Å². The van der Waals surface area contributed by atoms with Gasteiger partial charge in [-0.25, -0.2) is 9.97 Å². The second-order valence-corrected chi connectivity index (χ2v) is 24.0. The quantitative estimate of drug-likeness (QED) is 0.0519. The highest BCUT2D eigenvalue weighted by Crippen LogP contribution is 2.42. The number of rotatable bonds is 13. The van der Waals surface area contributed by atoms with Gasteiger partial charge < -0.3 is 41.3 Å². The first kappa shape index (κ1) is 57.7. The summed E-state index contributed by atoms with van der Waals surface area (Å²) in [6, 6.07) is 35.6. The Bertz CT molecular complexity index is 3870. The molecule has 5 heterocycles. The van der Waals surface area contributed by atoms with Crippen LogP contribution in [0.1, 0.15) is 105 Å². The number of ether oxygens (including phenoxy) is 1. The Hall–Kier alpha value is -9.02. The average molecular weight is 1120 g/mol. The molecule has 5 amide bonds. The molecule has 9 rings (SSSR count). The first-order chi connectivity index (χ1) is 38.9. The Morgan fingerprint density at radius 3 is 1.30 bits per heavy atom. The number of carbonyl (C=O) groups is 5. The second kappa shape index (κ2) is 23.2. The van der Waals surface area contributed by atoms with E-state index in [2.05, 4.69) is 49.2 Å². The van der Waals surface area contributed by atoms with Crippen molar-refractivity contribution in [2.45, 2.75) is 81.9 Å². The number of thiol groups is 1. The lowest BCUT2D eigenvalue weighted by molar-refractivity contribution is -0.123. The van der Waals surface area contributed by atoms with Gasteiger partial charge in [0, 0.05) is 106 Å². The predicted molar refractivity (Wildman–Crippen MR) is 336 cm³/mol. The standard InChI is InChI=1S/C66H69N9O6S/c1-37(2)60(77)67-39-24-33-54(38(34-39)36-82)81-35-55(76)75-59-52-31-29-50(70-52)57(41-19-13-16-22-44(41)73-62(79)65(6,7)8)48-27-25-46(68-48)56(40-18-12-15-21-43(40)72-61(78)64(3,4)5)47-26-28-49(69-47)58(51-30-32-53(59)71-51)42-20-14-17-23-45(42)74-63(80)66(9,10)11/h12-34,37,68,71,82H,35-36H2,1-11H3,(H,67,77)(H,72,78)(H,73,79)(H,74,80)(H,75,76). The number of anilines is 5.